The quantitative estimate of drug-likeness (QED) is 0.579. The van der Waals surface area contributed by atoms with E-state index < -0.39 is 9.84 Å². The molecule has 1 N–H and O–H groups in total. The van der Waals surface area contributed by atoms with E-state index in [0.717, 1.165) is 10.8 Å². The Labute approximate surface area is 154 Å². The van der Waals surface area contributed by atoms with Crippen molar-refractivity contribution < 1.29 is 13.2 Å². The van der Waals surface area contributed by atoms with Crippen molar-refractivity contribution in [2.45, 2.75) is 4.90 Å². The number of aromatic nitrogens is 1. The zero-order valence-electron chi connectivity index (χ0n) is 13.8. The molecule has 5 nitrogen and oxygen atoms in total. The summed E-state index contributed by atoms with van der Waals surface area (Å²) in [5.74, 6) is -0.246. The predicted octanol–water partition coefficient (Wildman–Crippen LogP) is 4.11. The minimum atomic E-state index is -3.28. The molecule has 0 spiro atoms. The van der Waals surface area contributed by atoms with E-state index in [2.05, 4.69) is 10.3 Å². The lowest BCUT2D eigenvalue weighted by Gasteiger charge is -2.05. The van der Waals surface area contributed by atoms with E-state index in [1.165, 1.54) is 23.7 Å². The number of anilines is 1. The number of amides is 1. The van der Waals surface area contributed by atoms with Crippen molar-refractivity contribution in [3.63, 3.8) is 0 Å². The number of benzene rings is 3. The average Bonchev–Trinajstić information content (AvgIpc) is 3.01. The molecule has 7 heteroatoms. The number of nitrogens with zero attached hydrogens (tertiary/aromatic N) is 1. The van der Waals surface area contributed by atoms with Crippen molar-refractivity contribution >= 4 is 53.2 Å². The van der Waals surface area contributed by atoms with Crippen LogP contribution in [0.4, 0.5) is 5.13 Å². The van der Waals surface area contributed by atoms with E-state index in [1.54, 1.807) is 18.2 Å². The highest BCUT2D eigenvalue weighted by molar-refractivity contribution is 7.90. The molecule has 0 radical (unpaired) electrons. The molecule has 0 aliphatic heterocycles. The van der Waals surface area contributed by atoms with Crippen molar-refractivity contribution in [2.75, 3.05) is 11.6 Å². The molecule has 1 amide bonds. The maximum Gasteiger partial charge on any atom is 0.258 e. The molecule has 1 heterocycles. The highest BCUT2D eigenvalue weighted by Gasteiger charge is 2.14. The van der Waals surface area contributed by atoms with Crippen LogP contribution in [0.2, 0.25) is 0 Å². The predicted molar refractivity (Wildman–Crippen MR) is 105 cm³/mol. The van der Waals surface area contributed by atoms with E-state index >= 15 is 0 Å². The lowest BCUT2D eigenvalue weighted by molar-refractivity contribution is 0.102. The molecule has 0 unspecified atom stereocenters. The van der Waals surface area contributed by atoms with E-state index in [0.29, 0.717) is 20.9 Å². The summed E-state index contributed by atoms with van der Waals surface area (Å²) < 4.78 is 24.1. The van der Waals surface area contributed by atoms with E-state index in [4.69, 9.17) is 0 Å². The van der Waals surface area contributed by atoms with Gasteiger partial charge in [0.1, 0.15) is 0 Å². The molecular formula is C19H14N2O3S2. The molecule has 0 saturated heterocycles. The first kappa shape index (κ1) is 16.7. The third kappa shape index (κ3) is 3.07. The molecule has 0 bridgehead atoms. The Morgan fingerprint density at radius 2 is 1.81 bits per heavy atom. The summed E-state index contributed by atoms with van der Waals surface area (Å²) in [5, 5.41) is 5.11. The Morgan fingerprint density at radius 3 is 2.62 bits per heavy atom. The molecule has 0 atom stereocenters. The first-order valence-electron chi connectivity index (χ1n) is 7.81. The maximum absolute atomic E-state index is 12.7. The van der Waals surface area contributed by atoms with Crippen molar-refractivity contribution in [3.8, 4) is 0 Å². The molecule has 0 fully saturated rings. The van der Waals surface area contributed by atoms with Crippen LogP contribution in [0.3, 0.4) is 0 Å². The van der Waals surface area contributed by atoms with Gasteiger partial charge in [0.05, 0.1) is 15.1 Å². The number of nitrogens with one attached hydrogen (secondary N) is 1. The van der Waals surface area contributed by atoms with Gasteiger partial charge in [0.15, 0.2) is 15.0 Å². The lowest BCUT2D eigenvalue weighted by Crippen LogP contribution is -2.12. The second-order valence-electron chi connectivity index (χ2n) is 5.90. The summed E-state index contributed by atoms with van der Waals surface area (Å²) in [4.78, 5) is 17.3. The summed E-state index contributed by atoms with van der Waals surface area (Å²) >= 11 is 1.25. The van der Waals surface area contributed by atoms with Crippen LogP contribution in [0.25, 0.3) is 21.0 Å². The van der Waals surface area contributed by atoms with Crippen LogP contribution in [-0.2, 0) is 9.84 Å². The topological polar surface area (TPSA) is 76.1 Å². The minimum Gasteiger partial charge on any atom is -0.298 e. The highest BCUT2D eigenvalue weighted by Crippen LogP contribution is 2.29. The number of thiazole rings is 1. The molecule has 0 aliphatic carbocycles. The standard InChI is InChI=1S/C19H14N2O3S2/c1-26(23,24)13-9-10-16-17(11-13)25-19(20-16)21-18(22)15-8-4-6-12-5-2-3-7-14(12)15/h2-11H,1H3,(H,20,21,22). The fourth-order valence-corrected chi connectivity index (χ4v) is 4.40. The molecule has 4 rings (SSSR count). The van der Waals surface area contributed by atoms with Crippen LogP contribution >= 0.6 is 11.3 Å². The van der Waals surface area contributed by atoms with E-state index in [-0.39, 0.29) is 10.8 Å². The fourth-order valence-electron chi connectivity index (χ4n) is 2.78. The molecule has 1 aromatic heterocycles. The number of rotatable bonds is 3. The fraction of sp³-hybridized carbons (Fsp3) is 0.0526. The Morgan fingerprint density at radius 1 is 1.04 bits per heavy atom. The third-order valence-corrected chi connectivity index (χ3v) is 6.09. The van der Waals surface area contributed by atoms with Gasteiger partial charge < -0.3 is 0 Å². The Hall–Kier alpha value is -2.77. The van der Waals surface area contributed by atoms with Crippen LogP contribution < -0.4 is 5.32 Å². The van der Waals surface area contributed by atoms with Gasteiger partial charge in [-0.1, -0.05) is 47.7 Å². The summed E-state index contributed by atoms with van der Waals surface area (Å²) in [6.07, 6.45) is 1.17. The van der Waals surface area contributed by atoms with Gasteiger partial charge in [-0.3, -0.25) is 10.1 Å². The largest absolute Gasteiger partial charge is 0.298 e. The van der Waals surface area contributed by atoms with Gasteiger partial charge in [0, 0.05) is 11.8 Å². The van der Waals surface area contributed by atoms with Crippen molar-refractivity contribution in [1.29, 1.82) is 0 Å². The smallest absolute Gasteiger partial charge is 0.258 e. The zero-order valence-corrected chi connectivity index (χ0v) is 15.4. The summed E-state index contributed by atoms with van der Waals surface area (Å²) in [5.41, 5.74) is 1.22. The molecule has 26 heavy (non-hydrogen) atoms. The molecule has 3 aromatic carbocycles. The normalized spacial score (nSPS) is 11.7. The van der Waals surface area contributed by atoms with E-state index in [1.807, 2.05) is 36.4 Å². The summed E-state index contributed by atoms with van der Waals surface area (Å²) in [7, 11) is -3.28. The van der Waals surface area contributed by atoms with Crippen LogP contribution in [0.5, 0.6) is 0 Å². The van der Waals surface area contributed by atoms with Crippen LogP contribution in [0.1, 0.15) is 10.4 Å². The Bertz CT molecular complexity index is 1260. The number of fused-ring (bicyclic) bond motifs is 2. The van der Waals surface area contributed by atoms with Crippen LogP contribution in [-0.4, -0.2) is 25.6 Å². The lowest BCUT2D eigenvalue weighted by atomic mass is 10.0. The van der Waals surface area contributed by atoms with E-state index in [9.17, 15) is 13.2 Å². The Balaban J connectivity index is 1.69. The van der Waals surface area contributed by atoms with Crippen LogP contribution in [0, 0.1) is 0 Å². The minimum absolute atomic E-state index is 0.237. The average molecular weight is 382 g/mol. The van der Waals surface area contributed by atoms with Crippen molar-refractivity contribution in [3.05, 3.63) is 66.2 Å². The molecular weight excluding hydrogens is 368 g/mol. The van der Waals surface area contributed by atoms with Gasteiger partial charge in [0.25, 0.3) is 5.91 Å². The maximum atomic E-state index is 12.7. The summed E-state index contributed by atoms with van der Waals surface area (Å²) in [6, 6.07) is 18.0. The third-order valence-electron chi connectivity index (χ3n) is 4.04. The van der Waals surface area contributed by atoms with Gasteiger partial charge >= 0.3 is 0 Å². The number of carbonyl (C=O) groups excluding carboxylic acids is 1. The van der Waals surface area contributed by atoms with Gasteiger partial charge in [-0.05, 0) is 35.0 Å². The van der Waals surface area contributed by atoms with Gasteiger partial charge in [-0.15, -0.1) is 0 Å². The number of hydrogen-bond donors (Lipinski definition) is 1. The van der Waals surface area contributed by atoms with Gasteiger partial charge in [-0.25, -0.2) is 13.4 Å². The van der Waals surface area contributed by atoms with Gasteiger partial charge in [0.2, 0.25) is 0 Å². The van der Waals surface area contributed by atoms with Crippen molar-refractivity contribution in [1.82, 2.24) is 4.98 Å². The number of carbonyl (C=O) groups is 1. The summed E-state index contributed by atoms with van der Waals surface area (Å²) in [6.45, 7) is 0. The first-order chi connectivity index (χ1) is 12.4. The van der Waals surface area contributed by atoms with Crippen LogP contribution in [0.15, 0.2) is 65.6 Å². The number of hydrogen-bond acceptors (Lipinski definition) is 5. The second kappa shape index (κ2) is 6.19. The molecule has 4 aromatic rings. The zero-order chi connectivity index (χ0) is 18.3. The molecule has 0 saturated carbocycles. The molecule has 130 valence electrons. The SMILES string of the molecule is CS(=O)(=O)c1ccc2nc(NC(=O)c3cccc4ccccc34)sc2c1. The van der Waals surface area contributed by atoms with Gasteiger partial charge in [-0.2, -0.15) is 0 Å². The monoisotopic (exact) mass is 382 g/mol. The second-order valence-corrected chi connectivity index (χ2v) is 8.95. The Kier molecular flexibility index (Phi) is 3.97. The first-order valence-corrected chi connectivity index (χ1v) is 10.5. The van der Waals surface area contributed by atoms with Crippen molar-refractivity contribution in [2.24, 2.45) is 0 Å². The molecule has 0 aliphatic rings. The highest BCUT2D eigenvalue weighted by atomic mass is 32.2. The number of sulfone groups is 1.